The first kappa shape index (κ1) is 9.21. The molecule has 0 spiro atoms. The summed E-state index contributed by atoms with van der Waals surface area (Å²) in [6, 6.07) is -0.844. The van der Waals surface area contributed by atoms with Gasteiger partial charge in [0.2, 0.25) is 0 Å². The Hall–Kier alpha value is -1.36. The first-order valence-corrected chi connectivity index (χ1v) is 4.54. The zero-order valence-corrected chi connectivity index (χ0v) is 7.97. The lowest BCUT2D eigenvalue weighted by atomic mass is 9.96. The Balaban J connectivity index is 2.34. The number of hydrogen-bond donors (Lipinski definition) is 2. The predicted octanol–water partition coefficient (Wildman–Crippen LogP) is -0.136. The third-order valence-electron chi connectivity index (χ3n) is 2.92. The van der Waals surface area contributed by atoms with E-state index in [-0.39, 0.29) is 0 Å². The SMILES string of the molecule is Cn1ccnc1C1(C(N)C(=O)O)CC1. The van der Waals surface area contributed by atoms with Gasteiger partial charge in [-0.15, -0.1) is 0 Å². The van der Waals surface area contributed by atoms with Crippen LogP contribution < -0.4 is 5.73 Å². The van der Waals surface area contributed by atoms with Crippen LogP contribution in [0.25, 0.3) is 0 Å². The molecular formula is C9H13N3O2. The number of rotatable bonds is 3. The van der Waals surface area contributed by atoms with Crippen molar-refractivity contribution in [3.05, 3.63) is 18.2 Å². The van der Waals surface area contributed by atoms with Crippen LogP contribution in [0.2, 0.25) is 0 Å². The van der Waals surface area contributed by atoms with E-state index < -0.39 is 17.4 Å². The van der Waals surface area contributed by atoms with Crippen molar-refractivity contribution in [3.8, 4) is 0 Å². The number of carboxylic acid groups (broad SMARTS) is 1. The van der Waals surface area contributed by atoms with E-state index in [0.29, 0.717) is 0 Å². The molecule has 1 aliphatic carbocycles. The molecule has 0 bridgehead atoms. The van der Waals surface area contributed by atoms with Crippen LogP contribution in [0.1, 0.15) is 18.7 Å². The molecule has 14 heavy (non-hydrogen) atoms. The minimum atomic E-state index is -0.953. The topological polar surface area (TPSA) is 81.1 Å². The molecule has 0 saturated heterocycles. The second-order valence-corrected chi connectivity index (χ2v) is 3.83. The van der Waals surface area contributed by atoms with Gasteiger partial charge in [0.25, 0.3) is 0 Å². The summed E-state index contributed by atoms with van der Waals surface area (Å²) in [5, 5.41) is 8.89. The van der Waals surface area contributed by atoms with Crippen LogP contribution >= 0.6 is 0 Å². The van der Waals surface area contributed by atoms with E-state index in [1.807, 2.05) is 17.8 Å². The molecule has 0 radical (unpaired) electrons. The normalized spacial score (nSPS) is 20.4. The average Bonchev–Trinajstić information content (AvgIpc) is 2.83. The Morgan fingerprint density at radius 2 is 2.43 bits per heavy atom. The Morgan fingerprint density at radius 3 is 2.79 bits per heavy atom. The lowest BCUT2D eigenvalue weighted by Gasteiger charge is -2.18. The lowest BCUT2D eigenvalue weighted by molar-refractivity contribution is -0.139. The molecule has 1 fully saturated rings. The van der Waals surface area contributed by atoms with Gasteiger partial charge in [-0.05, 0) is 12.8 Å². The number of aliphatic carboxylic acids is 1. The van der Waals surface area contributed by atoms with Gasteiger partial charge in [0, 0.05) is 19.4 Å². The number of nitrogens with zero attached hydrogens (tertiary/aromatic N) is 2. The third-order valence-corrected chi connectivity index (χ3v) is 2.92. The molecule has 0 aliphatic heterocycles. The van der Waals surface area contributed by atoms with Crippen LogP contribution in [-0.4, -0.2) is 26.7 Å². The van der Waals surface area contributed by atoms with Crippen molar-refractivity contribution in [3.63, 3.8) is 0 Å². The summed E-state index contributed by atoms with van der Waals surface area (Å²) >= 11 is 0. The van der Waals surface area contributed by atoms with Crippen molar-refractivity contribution >= 4 is 5.97 Å². The highest BCUT2D eigenvalue weighted by Gasteiger charge is 2.55. The Morgan fingerprint density at radius 1 is 1.79 bits per heavy atom. The smallest absolute Gasteiger partial charge is 0.321 e. The third kappa shape index (κ3) is 1.13. The fourth-order valence-electron chi connectivity index (χ4n) is 1.89. The van der Waals surface area contributed by atoms with Gasteiger partial charge in [-0.2, -0.15) is 0 Å². The highest BCUT2D eigenvalue weighted by molar-refractivity contribution is 5.76. The van der Waals surface area contributed by atoms with E-state index in [2.05, 4.69) is 4.98 Å². The molecule has 5 nitrogen and oxygen atoms in total. The zero-order valence-electron chi connectivity index (χ0n) is 7.97. The molecule has 1 aromatic rings. The van der Waals surface area contributed by atoms with Gasteiger partial charge in [-0.1, -0.05) is 0 Å². The zero-order chi connectivity index (χ0) is 10.3. The van der Waals surface area contributed by atoms with Crippen molar-refractivity contribution < 1.29 is 9.90 Å². The van der Waals surface area contributed by atoms with Gasteiger partial charge in [0.15, 0.2) is 0 Å². The summed E-state index contributed by atoms with van der Waals surface area (Å²) in [7, 11) is 1.86. The van der Waals surface area contributed by atoms with E-state index >= 15 is 0 Å². The number of nitrogens with two attached hydrogens (primary N) is 1. The molecule has 0 aromatic carbocycles. The van der Waals surface area contributed by atoms with Gasteiger partial charge in [-0.3, -0.25) is 4.79 Å². The van der Waals surface area contributed by atoms with Gasteiger partial charge < -0.3 is 15.4 Å². The van der Waals surface area contributed by atoms with Crippen LogP contribution in [0, 0.1) is 0 Å². The quantitative estimate of drug-likeness (QED) is 0.703. The predicted molar refractivity (Wildman–Crippen MR) is 49.7 cm³/mol. The average molecular weight is 195 g/mol. The summed E-state index contributed by atoms with van der Waals surface area (Å²) in [6.45, 7) is 0. The van der Waals surface area contributed by atoms with Crippen LogP contribution in [0.4, 0.5) is 0 Å². The second-order valence-electron chi connectivity index (χ2n) is 3.83. The number of carbonyl (C=O) groups is 1. The Labute approximate surface area is 81.5 Å². The van der Waals surface area contributed by atoms with Crippen LogP contribution in [0.5, 0.6) is 0 Å². The van der Waals surface area contributed by atoms with Gasteiger partial charge >= 0.3 is 5.97 Å². The van der Waals surface area contributed by atoms with Crippen molar-refractivity contribution in [1.82, 2.24) is 9.55 Å². The number of aromatic nitrogens is 2. The van der Waals surface area contributed by atoms with Crippen LogP contribution in [-0.2, 0) is 17.3 Å². The summed E-state index contributed by atoms with van der Waals surface area (Å²) in [5.41, 5.74) is 5.24. The summed E-state index contributed by atoms with van der Waals surface area (Å²) in [6.07, 6.45) is 5.10. The molecular weight excluding hydrogens is 182 g/mol. The van der Waals surface area contributed by atoms with Crippen molar-refractivity contribution in [2.75, 3.05) is 0 Å². The monoisotopic (exact) mass is 195 g/mol. The standard InChI is InChI=1S/C9H13N3O2/c1-12-5-4-11-8(12)9(2-3-9)6(10)7(13)14/h4-6H,2-3,10H2,1H3,(H,13,14). The summed E-state index contributed by atoms with van der Waals surface area (Å²) in [4.78, 5) is 15.0. The molecule has 5 heteroatoms. The second kappa shape index (κ2) is 2.81. The molecule has 1 aromatic heterocycles. The highest BCUT2D eigenvalue weighted by Crippen LogP contribution is 2.49. The van der Waals surface area contributed by atoms with Gasteiger partial charge in [0.1, 0.15) is 11.9 Å². The molecule has 2 rings (SSSR count). The molecule has 1 heterocycles. The molecule has 76 valence electrons. The van der Waals surface area contributed by atoms with Crippen molar-refractivity contribution in [1.29, 1.82) is 0 Å². The van der Waals surface area contributed by atoms with E-state index in [9.17, 15) is 4.79 Å². The maximum atomic E-state index is 10.8. The van der Waals surface area contributed by atoms with E-state index in [0.717, 1.165) is 18.7 Å². The maximum Gasteiger partial charge on any atom is 0.321 e. The molecule has 3 N–H and O–H groups in total. The fraction of sp³-hybridized carbons (Fsp3) is 0.556. The number of hydrogen-bond acceptors (Lipinski definition) is 3. The number of carboxylic acids is 1. The summed E-state index contributed by atoms with van der Waals surface area (Å²) in [5.74, 6) is -0.169. The molecule has 1 aliphatic rings. The lowest BCUT2D eigenvalue weighted by Crippen LogP contribution is -2.43. The van der Waals surface area contributed by atoms with Gasteiger partial charge in [0.05, 0.1) is 5.41 Å². The van der Waals surface area contributed by atoms with Crippen molar-refractivity contribution in [2.45, 2.75) is 24.3 Å². The van der Waals surface area contributed by atoms with Crippen LogP contribution in [0.3, 0.4) is 0 Å². The summed E-state index contributed by atoms with van der Waals surface area (Å²) < 4.78 is 1.84. The van der Waals surface area contributed by atoms with Gasteiger partial charge in [-0.25, -0.2) is 4.98 Å². The molecule has 1 atom stereocenters. The van der Waals surface area contributed by atoms with E-state index in [4.69, 9.17) is 10.8 Å². The Bertz CT molecular complexity index is 368. The fourth-order valence-corrected chi connectivity index (χ4v) is 1.89. The first-order valence-electron chi connectivity index (χ1n) is 4.54. The largest absolute Gasteiger partial charge is 0.480 e. The minimum absolute atomic E-state index is 0.427. The maximum absolute atomic E-state index is 10.8. The van der Waals surface area contributed by atoms with Crippen LogP contribution in [0.15, 0.2) is 12.4 Å². The number of imidazole rings is 1. The first-order chi connectivity index (χ1) is 6.58. The highest BCUT2D eigenvalue weighted by atomic mass is 16.4. The Kier molecular flexibility index (Phi) is 1.85. The minimum Gasteiger partial charge on any atom is -0.480 e. The van der Waals surface area contributed by atoms with E-state index in [1.165, 1.54) is 0 Å². The molecule has 1 saturated carbocycles. The van der Waals surface area contributed by atoms with E-state index in [1.54, 1.807) is 6.20 Å². The molecule has 0 amide bonds. The number of aryl methyl sites for hydroxylation is 1. The van der Waals surface area contributed by atoms with Crippen molar-refractivity contribution in [2.24, 2.45) is 12.8 Å². The molecule has 1 unspecified atom stereocenters.